The van der Waals surface area contributed by atoms with Gasteiger partial charge in [-0.15, -0.1) is 10.2 Å². The van der Waals surface area contributed by atoms with Crippen molar-refractivity contribution >= 4 is 10.8 Å². The minimum atomic E-state index is -4.39. The molecule has 2 unspecified atom stereocenters. The molecule has 2 N–H and O–H groups in total. The number of hydrogen-bond donors (Lipinski definition) is 2. The van der Waals surface area contributed by atoms with Gasteiger partial charge in [-0.2, -0.15) is 13.2 Å². The van der Waals surface area contributed by atoms with Gasteiger partial charge in [0.25, 0.3) is 0 Å². The quantitative estimate of drug-likeness (QED) is 0.699. The van der Waals surface area contributed by atoms with Crippen molar-refractivity contribution in [3.05, 3.63) is 59.7 Å². The summed E-state index contributed by atoms with van der Waals surface area (Å²) in [6.45, 7) is 0.813. The maximum atomic E-state index is 12.9. The van der Waals surface area contributed by atoms with Crippen LogP contribution in [-0.4, -0.2) is 27.9 Å². The highest BCUT2D eigenvalue weighted by atomic mass is 19.4. The fourth-order valence-electron chi connectivity index (χ4n) is 3.49. The van der Waals surface area contributed by atoms with E-state index >= 15 is 0 Å². The molecule has 2 heterocycles. The molecule has 0 aliphatic carbocycles. The average Bonchev–Trinajstić information content (AvgIpc) is 3.22. The Labute approximate surface area is 159 Å². The van der Waals surface area contributed by atoms with Crippen LogP contribution in [0.25, 0.3) is 10.8 Å². The number of halogens is 3. The minimum absolute atomic E-state index is 0.0638. The lowest BCUT2D eigenvalue weighted by Gasteiger charge is -2.25. The van der Waals surface area contributed by atoms with Gasteiger partial charge in [-0.1, -0.05) is 24.3 Å². The Hall–Kier alpha value is -2.87. The van der Waals surface area contributed by atoms with Crippen molar-refractivity contribution in [1.29, 1.82) is 0 Å². The molecular formula is C20H18F3N3O2. The van der Waals surface area contributed by atoms with Gasteiger partial charge in [-0.3, -0.25) is 0 Å². The molecule has 1 aromatic heterocycles. The summed E-state index contributed by atoms with van der Waals surface area (Å²) in [5.41, 5.74) is -0.0874. The third kappa shape index (κ3) is 3.60. The van der Waals surface area contributed by atoms with E-state index < -0.39 is 17.8 Å². The van der Waals surface area contributed by atoms with Crippen molar-refractivity contribution in [3.8, 4) is 11.8 Å². The molecule has 1 saturated heterocycles. The van der Waals surface area contributed by atoms with Gasteiger partial charge in [0.05, 0.1) is 16.3 Å². The molecule has 146 valence electrons. The van der Waals surface area contributed by atoms with Crippen LogP contribution in [0, 0.1) is 0 Å². The minimum Gasteiger partial charge on any atom is -0.492 e. The smallest absolute Gasteiger partial charge is 0.416 e. The summed E-state index contributed by atoms with van der Waals surface area (Å²) in [5.74, 6) is 0.0278. The van der Waals surface area contributed by atoms with E-state index in [1.54, 1.807) is 24.3 Å². The number of hydrogen-bond acceptors (Lipinski definition) is 5. The molecule has 8 heteroatoms. The number of alkyl halides is 3. The molecule has 0 radical (unpaired) electrons. The summed E-state index contributed by atoms with van der Waals surface area (Å²) in [7, 11) is 0. The third-order valence-electron chi connectivity index (χ3n) is 4.90. The Balaban J connectivity index is 1.71. The second-order valence-electron chi connectivity index (χ2n) is 6.74. The lowest BCUT2D eigenvalue weighted by Crippen LogP contribution is -2.32. The number of aromatic hydroxyl groups is 1. The van der Waals surface area contributed by atoms with Crippen molar-refractivity contribution in [1.82, 2.24) is 15.5 Å². The van der Waals surface area contributed by atoms with Gasteiger partial charge < -0.3 is 15.2 Å². The van der Waals surface area contributed by atoms with Crippen molar-refractivity contribution in [2.24, 2.45) is 0 Å². The third-order valence-corrected chi connectivity index (χ3v) is 4.90. The number of ether oxygens (including phenoxy) is 1. The molecule has 5 nitrogen and oxygen atoms in total. The number of benzene rings is 2. The van der Waals surface area contributed by atoms with Crippen molar-refractivity contribution in [2.75, 3.05) is 6.54 Å². The Morgan fingerprint density at radius 1 is 1.04 bits per heavy atom. The topological polar surface area (TPSA) is 67.3 Å². The predicted octanol–water partition coefficient (Wildman–Crippen LogP) is 4.23. The van der Waals surface area contributed by atoms with Gasteiger partial charge in [0, 0.05) is 6.04 Å². The van der Waals surface area contributed by atoms with E-state index in [1.807, 2.05) is 0 Å². The van der Waals surface area contributed by atoms with Gasteiger partial charge >= 0.3 is 6.18 Å². The van der Waals surface area contributed by atoms with Crippen LogP contribution in [0.5, 0.6) is 11.8 Å². The van der Waals surface area contributed by atoms with Crippen LogP contribution >= 0.6 is 0 Å². The van der Waals surface area contributed by atoms with E-state index in [1.165, 1.54) is 12.1 Å². The van der Waals surface area contributed by atoms with Crippen LogP contribution in [-0.2, 0) is 6.18 Å². The normalized spacial score (nSPS) is 18.3. The SMILES string of the molecule is Oc1nnc(OC(c2ccc(C(F)(F)F)cc2)C2CCCN2)c2ccccc12. The molecule has 0 bridgehead atoms. The maximum absolute atomic E-state index is 12.9. The van der Waals surface area contributed by atoms with Gasteiger partial charge in [0.1, 0.15) is 6.10 Å². The lowest BCUT2D eigenvalue weighted by molar-refractivity contribution is -0.137. The van der Waals surface area contributed by atoms with E-state index in [2.05, 4.69) is 15.5 Å². The zero-order valence-corrected chi connectivity index (χ0v) is 14.8. The second-order valence-corrected chi connectivity index (χ2v) is 6.74. The zero-order chi connectivity index (χ0) is 19.7. The molecule has 2 atom stereocenters. The fraction of sp³-hybridized carbons (Fsp3) is 0.300. The van der Waals surface area contributed by atoms with Crippen LogP contribution in [0.15, 0.2) is 48.5 Å². The van der Waals surface area contributed by atoms with Gasteiger partial charge in [-0.25, -0.2) is 0 Å². The summed E-state index contributed by atoms with van der Waals surface area (Å²) in [6.07, 6.45) is -3.14. The summed E-state index contributed by atoms with van der Waals surface area (Å²) < 4.78 is 44.8. The first-order chi connectivity index (χ1) is 13.4. The fourth-order valence-corrected chi connectivity index (χ4v) is 3.49. The Bertz CT molecular complexity index is 971. The molecule has 2 aromatic carbocycles. The summed E-state index contributed by atoms with van der Waals surface area (Å²) >= 11 is 0. The van der Waals surface area contributed by atoms with Gasteiger partial charge in [-0.05, 0) is 49.2 Å². The van der Waals surface area contributed by atoms with E-state index in [-0.39, 0.29) is 17.8 Å². The monoisotopic (exact) mass is 389 g/mol. The van der Waals surface area contributed by atoms with Gasteiger partial charge in [0.2, 0.25) is 11.8 Å². The van der Waals surface area contributed by atoms with E-state index in [4.69, 9.17) is 4.74 Å². The molecule has 3 aromatic rings. The largest absolute Gasteiger partial charge is 0.492 e. The number of nitrogens with one attached hydrogen (secondary N) is 1. The Kier molecular flexibility index (Phi) is 4.80. The second kappa shape index (κ2) is 7.27. The summed E-state index contributed by atoms with van der Waals surface area (Å²) in [6, 6.07) is 11.9. The van der Waals surface area contributed by atoms with Crippen LogP contribution in [0.3, 0.4) is 0 Å². The van der Waals surface area contributed by atoms with E-state index in [0.29, 0.717) is 16.3 Å². The number of nitrogens with zero attached hydrogens (tertiary/aromatic N) is 2. The number of aromatic nitrogens is 2. The first kappa shape index (κ1) is 18.5. The molecule has 28 heavy (non-hydrogen) atoms. The van der Waals surface area contributed by atoms with Crippen LogP contribution in [0.1, 0.15) is 30.1 Å². The standard InChI is InChI=1S/C20H18F3N3O2/c21-20(22,23)13-9-7-12(8-10-13)17(16-6-3-11-24-16)28-19-15-5-2-1-4-14(15)18(27)25-26-19/h1-2,4-5,7-10,16-17,24H,3,6,11H2,(H,25,27). The Morgan fingerprint density at radius 3 is 2.39 bits per heavy atom. The van der Waals surface area contributed by atoms with Crippen LogP contribution in [0.4, 0.5) is 13.2 Å². The Morgan fingerprint density at radius 2 is 1.75 bits per heavy atom. The van der Waals surface area contributed by atoms with E-state index in [0.717, 1.165) is 31.5 Å². The predicted molar refractivity (Wildman–Crippen MR) is 97.0 cm³/mol. The average molecular weight is 389 g/mol. The molecule has 1 aliphatic heterocycles. The maximum Gasteiger partial charge on any atom is 0.416 e. The lowest BCUT2D eigenvalue weighted by atomic mass is 9.99. The number of rotatable bonds is 4. The first-order valence-corrected chi connectivity index (χ1v) is 8.95. The van der Waals surface area contributed by atoms with Crippen LogP contribution < -0.4 is 10.1 Å². The van der Waals surface area contributed by atoms with E-state index in [9.17, 15) is 18.3 Å². The molecule has 1 aliphatic rings. The molecule has 0 amide bonds. The highest BCUT2D eigenvalue weighted by Crippen LogP contribution is 2.35. The summed E-state index contributed by atoms with van der Waals surface area (Å²) in [5, 5.41) is 22.0. The zero-order valence-electron chi connectivity index (χ0n) is 14.8. The molecule has 0 spiro atoms. The molecular weight excluding hydrogens is 371 g/mol. The number of fused-ring (bicyclic) bond motifs is 1. The highest BCUT2D eigenvalue weighted by Gasteiger charge is 2.32. The summed E-state index contributed by atoms with van der Waals surface area (Å²) in [4.78, 5) is 0. The molecule has 4 rings (SSSR count). The highest BCUT2D eigenvalue weighted by molar-refractivity contribution is 5.90. The first-order valence-electron chi connectivity index (χ1n) is 8.95. The van der Waals surface area contributed by atoms with Crippen molar-refractivity contribution in [2.45, 2.75) is 31.2 Å². The molecule has 1 fully saturated rings. The van der Waals surface area contributed by atoms with Crippen LogP contribution in [0.2, 0.25) is 0 Å². The van der Waals surface area contributed by atoms with Crippen molar-refractivity contribution < 1.29 is 23.0 Å². The molecule has 0 saturated carbocycles. The van der Waals surface area contributed by atoms with Crippen molar-refractivity contribution in [3.63, 3.8) is 0 Å². The van der Waals surface area contributed by atoms with Gasteiger partial charge in [0.15, 0.2) is 0 Å².